The second-order valence-corrected chi connectivity index (χ2v) is 7.43. The molecule has 1 aromatic heterocycles. The third kappa shape index (κ3) is 4.09. The Hall–Kier alpha value is -2.67. The Morgan fingerprint density at radius 2 is 2.11 bits per heavy atom. The number of rotatable bonds is 5. The van der Waals surface area contributed by atoms with Gasteiger partial charge in [-0.15, -0.1) is 0 Å². The van der Waals surface area contributed by atoms with E-state index in [9.17, 15) is 4.79 Å². The van der Waals surface area contributed by atoms with E-state index < -0.39 is 0 Å². The van der Waals surface area contributed by atoms with Gasteiger partial charge in [-0.1, -0.05) is 0 Å². The molecule has 0 spiro atoms. The second kappa shape index (κ2) is 8.56. The molecule has 7 nitrogen and oxygen atoms in total. The smallest absolute Gasteiger partial charge is 0.253 e. The van der Waals surface area contributed by atoms with Crippen molar-refractivity contribution >= 4 is 11.7 Å². The van der Waals surface area contributed by atoms with Crippen LogP contribution in [0.1, 0.15) is 22.3 Å². The summed E-state index contributed by atoms with van der Waals surface area (Å²) in [4.78, 5) is 25.6. The normalized spacial score (nSPS) is 19.7. The molecular formula is C21H27N5O2. The lowest BCUT2D eigenvalue weighted by atomic mass is 9.96. The average molecular weight is 381 g/mol. The molecule has 1 amide bonds. The molecule has 1 N–H and O–H groups in total. The number of piperazine rings is 1. The van der Waals surface area contributed by atoms with Gasteiger partial charge in [0.1, 0.15) is 11.6 Å². The van der Waals surface area contributed by atoms with Crippen LogP contribution in [0.3, 0.4) is 0 Å². The van der Waals surface area contributed by atoms with Gasteiger partial charge in [0.25, 0.3) is 5.91 Å². The molecule has 28 heavy (non-hydrogen) atoms. The molecule has 0 aliphatic carbocycles. The Morgan fingerprint density at radius 1 is 1.25 bits per heavy atom. The first-order valence-electron chi connectivity index (χ1n) is 9.92. The standard InChI is InChI=1S/C21H27N5O2/c1-28-19-3-2-17(13-18(19)12-16-4-5-22-14-16)21(27)26-10-8-25(9-11-26)20-15-23-6-7-24-20/h2-3,6-7,13,15-16,22H,4-5,8-12,14H2,1H3. The van der Waals surface area contributed by atoms with Crippen LogP contribution >= 0.6 is 0 Å². The van der Waals surface area contributed by atoms with Gasteiger partial charge < -0.3 is 19.9 Å². The van der Waals surface area contributed by atoms with Crippen molar-refractivity contribution < 1.29 is 9.53 Å². The van der Waals surface area contributed by atoms with Crippen molar-refractivity contribution in [2.75, 3.05) is 51.3 Å². The zero-order chi connectivity index (χ0) is 19.3. The van der Waals surface area contributed by atoms with Crippen LogP contribution in [-0.2, 0) is 6.42 Å². The predicted molar refractivity (Wildman–Crippen MR) is 108 cm³/mol. The number of carbonyl (C=O) groups excluding carboxylic acids is 1. The molecule has 1 atom stereocenters. The van der Waals surface area contributed by atoms with Crippen LogP contribution in [0.25, 0.3) is 0 Å². The fourth-order valence-corrected chi connectivity index (χ4v) is 4.05. The summed E-state index contributed by atoms with van der Waals surface area (Å²) in [6.07, 6.45) is 7.26. The summed E-state index contributed by atoms with van der Waals surface area (Å²) < 4.78 is 5.53. The van der Waals surface area contributed by atoms with Gasteiger partial charge in [0, 0.05) is 44.1 Å². The van der Waals surface area contributed by atoms with Gasteiger partial charge in [-0.05, 0) is 55.6 Å². The molecule has 1 aromatic carbocycles. The quantitative estimate of drug-likeness (QED) is 0.848. The van der Waals surface area contributed by atoms with Gasteiger partial charge in [-0.2, -0.15) is 0 Å². The van der Waals surface area contributed by atoms with E-state index in [1.807, 2.05) is 23.1 Å². The summed E-state index contributed by atoms with van der Waals surface area (Å²) >= 11 is 0. The lowest BCUT2D eigenvalue weighted by Crippen LogP contribution is -2.49. The second-order valence-electron chi connectivity index (χ2n) is 7.43. The number of carbonyl (C=O) groups is 1. The van der Waals surface area contributed by atoms with E-state index in [-0.39, 0.29) is 5.91 Å². The molecule has 2 aliphatic heterocycles. The van der Waals surface area contributed by atoms with Crippen molar-refractivity contribution in [2.24, 2.45) is 5.92 Å². The minimum Gasteiger partial charge on any atom is -0.496 e. The van der Waals surface area contributed by atoms with E-state index in [1.54, 1.807) is 25.7 Å². The van der Waals surface area contributed by atoms with E-state index in [1.165, 1.54) is 6.42 Å². The van der Waals surface area contributed by atoms with Crippen molar-refractivity contribution in [2.45, 2.75) is 12.8 Å². The Morgan fingerprint density at radius 3 is 2.79 bits per heavy atom. The van der Waals surface area contributed by atoms with Crippen LogP contribution < -0.4 is 15.0 Å². The minimum atomic E-state index is 0.0900. The first kappa shape index (κ1) is 18.7. The summed E-state index contributed by atoms with van der Waals surface area (Å²) in [5.74, 6) is 2.43. The summed E-state index contributed by atoms with van der Waals surface area (Å²) in [6.45, 7) is 5.00. The predicted octanol–water partition coefficient (Wildman–Crippen LogP) is 1.60. The van der Waals surface area contributed by atoms with E-state index in [0.29, 0.717) is 19.0 Å². The molecule has 1 unspecified atom stereocenters. The van der Waals surface area contributed by atoms with Gasteiger partial charge in [0.05, 0.1) is 13.3 Å². The fraction of sp³-hybridized carbons (Fsp3) is 0.476. The molecule has 2 saturated heterocycles. The van der Waals surface area contributed by atoms with Crippen LogP contribution in [0.4, 0.5) is 5.82 Å². The van der Waals surface area contributed by atoms with Gasteiger partial charge in [-0.3, -0.25) is 9.78 Å². The number of anilines is 1. The number of aromatic nitrogens is 2. The SMILES string of the molecule is COc1ccc(C(=O)N2CCN(c3cnccn3)CC2)cc1CC1CCNC1. The van der Waals surface area contributed by atoms with Crippen LogP contribution in [-0.4, -0.2) is 67.2 Å². The van der Waals surface area contributed by atoms with Crippen LogP contribution in [0, 0.1) is 5.92 Å². The van der Waals surface area contributed by atoms with Gasteiger partial charge in [0.15, 0.2) is 0 Å². The number of ether oxygens (including phenoxy) is 1. The Labute approximate surface area is 165 Å². The van der Waals surface area contributed by atoms with Crippen LogP contribution in [0.5, 0.6) is 5.75 Å². The van der Waals surface area contributed by atoms with Gasteiger partial charge in [-0.25, -0.2) is 4.98 Å². The molecule has 2 aromatic rings. The van der Waals surface area contributed by atoms with Crippen LogP contribution in [0.2, 0.25) is 0 Å². The van der Waals surface area contributed by atoms with Crippen molar-refractivity contribution in [3.05, 3.63) is 47.9 Å². The number of nitrogens with one attached hydrogen (secondary N) is 1. The number of methoxy groups -OCH3 is 1. The van der Waals surface area contributed by atoms with E-state index in [2.05, 4.69) is 20.2 Å². The summed E-state index contributed by atoms with van der Waals surface area (Å²) in [6, 6.07) is 5.84. The largest absolute Gasteiger partial charge is 0.496 e. The Kier molecular flexibility index (Phi) is 5.71. The maximum atomic E-state index is 13.1. The molecule has 2 fully saturated rings. The molecule has 148 valence electrons. The zero-order valence-corrected chi connectivity index (χ0v) is 16.3. The summed E-state index contributed by atoms with van der Waals surface area (Å²) in [5, 5.41) is 3.41. The first-order valence-corrected chi connectivity index (χ1v) is 9.92. The first-order chi connectivity index (χ1) is 13.7. The van der Waals surface area contributed by atoms with Gasteiger partial charge in [0.2, 0.25) is 0 Å². The van der Waals surface area contributed by atoms with Gasteiger partial charge >= 0.3 is 0 Å². The highest BCUT2D eigenvalue weighted by Crippen LogP contribution is 2.26. The monoisotopic (exact) mass is 381 g/mol. The number of benzene rings is 1. The fourth-order valence-electron chi connectivity index (χ4n) is 4.05. The van der Waals surface area contributed by atoms with Crippen molar-refractivity contribution in [3.8, 4) is 5.75 Å². The molecular weight excluding hydrogens is 354 g/mol. The number of nitrogens with zero attached hydrogens (tertiary/aromatic N) is 4. The molecule has 4 rings (SSSR count). The third-order valence-electron chi connectivity index (χ3n) is 5.64. The van der Waals surface area contributed by atoms with Crippen molar-refractivity contribution in [1.82, 2.24) is 20.2 Å². The minimum absolute atomic E-state index is 0.0900. The highest BCUT2D eigenvalue weighted by atomic mass is 16.5. The topological polar surface area (TPSA) is 70.6 Å². The molecule has 2 aliphatic rings. The third-order valence-corrected chi connectivity index (χ3v) is 5.64. The van der Waals surface area contributed by atoms with E-state index >= 15 is 0 Å². The lowest BCUT2D eigenvalue weighted by Gasteiger charge is -2.35. The number of hydrogen-bond acceptors (Lipinski definition) is 6. The lowest BCUT2D eigenvalue weighted by molar-refractivity contribution is 0.0746. The molecule has 0 bridgehead atoms. The summed E-state index contributed by atoms with van der Waals surface area (Å²) in [7, 11) is 1.69. The Balaban J connectivity index is 1.43. The maximum Gasteiger partial charge on any atom is 0.253 e. The zero-order valence-electron chi connectivity index (χ0n) is 16.3. The maximum absolute atomic E-state index is 13.1. The highest BCUT2D eigenvalue weighted by Gasteiger charge is 2.24. The van der Waals surface area contributed by atoms with E-state index in [0.717, 1.165) is 55.3 Å². The molecule has 0 radical (unpaired) electrons. The Bertz CT molecular complexity index is 800. The van der Waals surface area contributed by atoms with Crippen molar-refractivity contribution in [1.29, 1.82) is 0 Å². The molecule has 3 heterocycles. The number of amides is 1. The van der Waals surface area contributed by atoms with E-state index in [4.69, 9.17) is 4.74 Å². The van der Waals surface area contributed by atoms with Crippen LogP contribution in [0.15, 0.2) is 36.8 Å². The molecule has 0 saturated carbocycles. The average Bonchev–Trinajstić information content (AvgIpc) is 3.27. The summed E-state index contributed by atoms with van der Waals surface area (Å²) in [5.41, 5.74) is 1.87. The number of hydrogen-bond donors (Lipinski definition) is 1. The van der Waals surface area contributed by atoms with Crippen molar-refractivity contribution in [3.63, 3.8) is 0 Å². The highest BCUT2D eigenvalue weighted by molar-refractivity contribution is 5.94. The molecule has 7 heteroatoms.